The molecule has 2 aromatic rings. The number of aliphatic imine (C=N–C) groups is 1. The molecule has 1 heterocycles. The molecule has 164 valence electrons. The molecule has 2 N–H and O–H groups in total. The van der Waals surface area contributed by atoms with Crippen LogP contribution in [0, 0.1) is 6.92 Å². The van der Waals surface area contributed by atoms with Crippen molar-refractivity contribution in [3.63, 3.8) is 0 Å². The molecule has 1 atom stereocenters. The molecule has 1 unspecified atom stereocenters. The highest BCUT2D eigenvalue weighted by molar-refractivity contribution is 7.13. The second kappa shape index (κ2) is 12.3. The molecule has 0 aliphatic heterocycles. The number of rotatable bonds is 10. The highest BCUT2D eigenvalue weighted by Gasteiger charge is 2.20. The fourth-order valence-corrected chi connectivity index (χ4v) is 3.94. The monoisotopic (exact) mass is 431 g/mol. The molecule has 0 radical (unpaired) electrons. The van der Waals surface area contributed by atoms with E-state index in [9.17, 15) is 4.79 Å². The highest BCUT2D eigenvalue weighted by atomic mass is 32.1. The Labute approximate surface area is 183 Å². The van der Waals surface area contributed by atoms with E-state index in [-0.39, 0.29) is 12.0 Å². The number of aromatic nitrogens is 1. The number of guanidine groups is 1. The maximum Gasteiger partial charge on any atom is 0.350 e. The molecule has 1 aromatic carbocycles. The Balaban J connectivity index is 1.77. The summed E-state index contributed by atoms with van der Waals surface area (Å²) in [4.78, 5) is 23.7. The third-order valence-electron chi connectivity index (χ3n) is 4.53. The van der Waals surface area contributed by atoms with E-state index in [2.05, 4.69) is 56.8 Å². The van der Waals surface area contributed by atoms with Crippen molar-refractivity contribution in [2.45, 2.75) is 39.8 Å². The number of nitrogens with zero attached hydrogens (tertiary/aromatic N) is 3. The topological polar surface area (TPSA) is 78.8 Å². The Morgan fingerprint density at radius 3 is 2.73 bits per heavy atom. The number of benzene rings is 1. The normalized spacial score (nSPS) is 12.7. The number of aryl methyl sites for hydroxylation is 1. The van der Waals surface area contributed by atoms with Gasteiger partial charge in [0.15, 0.2) is 5.96 Å². The van der Waals surface area contributed by atoms with Gasteiger partial charge in [-0.1, -0.05) is 30.3 Å². The molecule has 8 heteroatoms. The lowest BCUT2D eigenvalue weighted by Gasteiger charge is -2.19. The van der Waals surface area contributed by atoms with Crippen molar-refractivity contribution in [2.24, 2.45) is 4.99 Å². The van der Waals surface area contributed by atoms with Gasteiger partial charge in [-0.05, 0) is 46.3 Å². The first-order valence-corrected chi connectivity index (χ1v) is 11.1. The zero-order chi connectivity index (χ0) is 21.9. The molecule has 7 nitrogen and oxygen atoms in total. The third kappa shape index (κ3) is 7.42. The van der Waals surface area contributed by atoms with Crippen molar-refractivity contribution in [1.82, 2.24) is 20.5 Å². The molecule has 30 heavy (non-hydrogen) atoms. The number of hydrogen-bond donors (Lipinski definition) is 2. The van der Waals surface area contributed by atoms with Gasteiger partial charge in [0.1, 0.15) is 9.88 Å². The minimum absolute atomic E-state index is 0.0659. The lowest BCUT2D eigenvalue weighted by atomic mass is 10.2. The number of nitrogens with one attached hydrogen (secondary N) is 2. The van der Waals surface area contributed by atoms with Crippen LogP contribution in [0.15, 0.2) is 35.3 Å². The Bertz CT molecular complexity index is 822. The van der Waals surface area contributed by atoms with Crippen LogP contribution in [-0.4, -0.2) is 55.6 Å². The molecule has 0 bridgehead atoms. The molecule has 0 spiro atoms. The van der Waals surface area contributed by atoms with Gasteiger partial charge in [-0.3, -0.25) is 4.99 Å². The van der Waals surface area contributed by atoms with E-state index in [1.807, 2.05) is 19.9 Å². The number of esters is 1. The smallest absolute Gasteiger partial charge is 0.350 e. The van der Waals surface area contributed by atoms with Crippen LogP contribution in [0.25, 0.3) is 0 Å². The molecule has 0 aliphatic carbocycles. The highest BCUT2D eigenvalue weighted by Crippen LogP contribution is 2.24. The zero-order valence-corrected chi connectivity index (χ0v) is 19.4. The number of hydrogen-bond acceptors (Lipinski definition) is 6. The summed E-state index contributed by atoms with van der Waals surface area (Å²) in [5, 5.41) is 7.53. The number of thiazole rings is 1. The lowest BCUT2D eigenvalue weighted by Crippen LogP contribution is -2.39. The predicted molar refractivity (Wildman–Crippen MR) is 123 cm³/mol. The van der Waals surface area contributed by atoms with Crippen LogP contribution in [0.3, 0.4) is 0 Å². The molecular formula is C22H33N5O2S. The number of carbonyl (C=O) groups is 1. The summed E-state index contributed by atoms with van der Waals surface area (Å²) in [5.41, 5.74) is 2.02. The van der Waals surface area contributed by atoms with Crippen molar-refractivity contribution in [2.75, 3.05) is 33.8 Å². The molecule has 0 aliphatic rings. The quantitative estimate of drug-likeness (QED) is 0.260. The van der Waals surface area contributed by atoms with Gasteiger partial charge < -0.3 is 20.3 Å². The largest absolute Gasteiger partial charge is 0.462 e. The SMILES string of the molecule is CCOC(=O)c1sc(C(C)NC(=NC)NCCCN(C)Cc2ccccc2)nc1C. The van der Waals surface area contributed by atoms with Crippen molar-refractivity contribution in [3.8, 4) is 0 Å². The second-order valence-electron chi connectivity index (χ2n) is 7.13. The van der Waals surface area contributed by atoms with Crippen LogP contribution in [0.1, 0.15) is 52.2 Å². The minimum Gasteiger partial charge on any atom is -0.462 e. The van der Waals surface area contributed by atoms with Crippen molar-refractivity contribution in [3.05, 3.63) is 51.5 Å². The first-order chi connectivity index (χ1) is 14.4. The van der Waals surface area contributed by atoms with Gasteiger partial charge in [-0.15, -0.1) is 11.3 Å². The van der Waals surface area contributed by atoms with Crippen molar-refractivity contribution < 1.29 is 9.53 Å². The van der Waals surface area contributed by atoms with Crippen LogP contribution < -0.4 is 10.6 Å². The second-order valence-corrected chi connectivity index (χ2v) is 8.16. The van der Waals surface area contributed by atoms with Gasteiger partial charge in [-0.25, -0.2) is 9.78 Å². The van der Waals surface area contributed by atoms with Crippen LogP contribution in [0.2, 0.25) is 0 Å². The fourth-order valence-electron chi connectivity index (χ4n) is 2.98. The van der Waals surface area contributed by atoms with E-state index in [1.54, 1.807) is 14.0 Å². The van der Waals surface area contributed by atoms with Crippen molar-refractivity contribution in [1.29, 1.82) is 0 Å². The van der Waals surface area contributed by atoms with Crippen LogP contribution in [-0.2, 0) is 11.3 Å². The van der Waals surface area contributed by atoms with E-state index in [0.29, 0.717) is 17.2 Å². The minimum atomic E-state index is -0.312. The third-order valence-corrected chi connectivity index (χ3v) is 5.85. The van der Waals surface area contributed by atoms with E-state index in [0.717, 1.165) is 37.0 Å². The molecule has 0 saturated carbocycles. The summed E-state index contributed by atoms with van der Waals surface area (Å²) in [7, 11) is 3.88. The van der Waals surface area contributed by atoms with Crippen LogP contribution in [0.4, 0.5) is 0 Å². The molecule has 0 saturated heterocycles. The van der Waals surface area contributed by atoms with Gasteiger partial charge in [0.2, 0.25) is 0 Å². The summed E-state index contributed by atoms with van der Waals surface area (Å²) in [6.07, 6.45) is 1.00. The standard InChI is InChI=1S/C22H33N5O2S/c1-6-29-21(28)19-16(2)25-20(30-19)17(3)26-22(23-4)24-13-10-14-27(5)15-18-11-8-7-9-12-18/h7-9,11-12,17H,6,10,13-15H2,1-5H3,(H2,23,24,26). The number of ether oxygens (including phenoxy) is 1. The van der Waals surface area contributed by atoms with Gasteiger partial charge in [0.25, 0.3) is 0 Å². The van der Waals surface area contributed by atoms with E-state index < -0.39 is 0 Å². The Morgan fingerprint density at radius 1 is 1.33 bits per heavy atom. The van der Waals surface area contributed by atoms with Gasteiger partial charge in [0.05, 0.1) is 18.3 Å². The predicted octanol–water partition coefficient (Wildman–Crippen LogP) is 3.38. The van der Waals surface area contributed by atoms with Gasteiger partial charge in [0, 0.05) is 20.1 Å². The van der Waals surface area contributed by atoms with E-state index in [1.165, 1.54) is 16.9 Å². The van der Waals surface area contributed by atoms with E-state index in [4.69, 9.17) is 4.74 Å². The summed E-state index contributed by atoms with van der Waals surface area (Å²) in [6.45, 7) is 8.74. The Kier molecular flexibility index (Phi) is 9.76. The molecular weight excluding hydrogens is 398 g/mol. The summed E-state index contributed by atoms with van der Waals surface area (Å²) < 4.78 is 5.10. The zero-order valence-electron chi connectivity index (χ0n) is 18.6. The Hall–Kier alpha value is -2.45. The average Bonchev–Trinajstić information content (AvgIpc) is 3.13. The molecule has 0 fully saturated rings. The van der Waals surface area contributed by atoms with Gasteiger partial charge in [-0.2, -0.15) is 0 Å². The fraction of sp³-hybridized carbons (Fsp3) is 0.500. The molecule has 0 amide bonds. The van der Waals surface area contributed by atoms with Gasteiger partial charge >= 0.3 is 5.97 Å². The van der Waals surface area contributed by atoms with Crippen molar-refractivity contribution >= 4 is 23.3 Å². The van der Waals surface area contributed by atoms with Crippen LogP contribution in [0.5, 0.6) is 0 Å². The maximum absolute atomic E-state index is 12.0. The summed E-state index contributed by atoms with van der Waals surface area (Å²) >= 11 is 1.36. The Morgan fingerprint density at radius 2 is 2.07 bits per heavy atom. The van der Waals surface area contributed by atoms with Crippen LogP contribution >= 0.6 is 11.3 Å². The number of carbonyl (C=O) groups excluding carboxylic acids is 1. The lowest BCUT2D eigenvalue weighted by molar-refractivity contribution is 0.0531. The first-order valence-electron chi connectivity index (χ1n) is 10.3. The summed E-state index contributed by atoms with van der Waals surface area (Å²) in [5.74, 6) is 0.409. The van der Waals surface area contributed by atoms with E-state index >= 15 is 0 Å². The molecule has 2 rings (SSSR count). The summed E-state index contributed by atoms with van der Waals surface area (Å²) in [6, 6.07) is 10.4. The molecule has 1 aromatic heterocycles. The first kappa shape index (κ1) is 23.8. The average molecular weight is 432 g/mol. The maximum atomic E-state index is 12.0.